The van der Waals surface area contributed by atoms with Crippen molar-refractivity contribution in [3.8, 4) is 0 Å². The minimum Gasteiger partial charge on any atom is -0.467 e. The highest BCUT2D eigenvalue weighted by molar-refractivity contribution is 5.84. The van der Waals surface area contributed by atoms with Crippen LogP contribution >= 0.6 is 0 Å². The Balaban J connectivity index is 2.63. The predicted molar refractivity (Wildman–Crippen MR) is 79.8 cm³/mol. The van der Waals surface area contributed by atoms with Crippen LogP contribution in [-0.2, 0) is 27.8 Å². The summed E-state index contributed by atoms with van der Waals surface area (Å²) in [7, 11) is 3.21. The molecule has 0 spiro atoms. The Morgan fingerprint density at radius 3 is 2.38 bits per heavy atom. The van der Waals surface area contributed by atoms with Crippen LogP contribution in [0.1, 0.15) is 37.2 Å². The summed E-state index contributed by atoms with van der Waals surface area (Å²) in [6.45, 7) is 7.67. The van der Waals surface area contributed by atoms with Crippen LogP contribution in [0.4, 0.5) is 0 Å². The second-order valence-electron chi connectivity index (χ2n) is 5.59. The van der Waals surface area contributed by atoms with Crippen molar-refractivity contribution in [1.82, 2.24) is 15.1 Å². The molecule has 0 bridgehead atoms. The smallest absolute Gasteiger partial charge is 0.328 e. The van der Waals surface area contributed by atoms with Gasteiger partial charge in [0.05, 0.1) is 12.8 Å². The van der Waals surface area contributed by atoms with Gasteiger partial charge in [-0.15, -0.1) is 0 Å². The second-order valence-corrected chi connectivity index (χ2v) is 5.59. The molecule has 118 valence electrons. The summed E-state index contributed by atoms with van der Waals surface area (Å²) in [6, 6.07) is -0.599. The van der Waals surface area contributed by atoms with E-state index in [-0.39, 0.29) is 11.8 Å². The topological polar surface area (TPSA) is 73.2 Å². The van der Waals surface area contributed by atoms with Crippen molar-refractivity contribution in [2.24, 2.45) is 13.0 Å². The summed E-state index contributed by atoms with van der Waals surface area (Å²) in [5, 5.41) is 7.07. The molecule has 0 aromatic carbocycles. The fourth-order valence-electron chi connectivity index (χ4n) is 2.29. The van der Waals surface area contributed by atoms with Gasteiger partial charge in [-0.3, -0.25) is 9.48 Å². The van der Waals surface area contributed by atoms with Crippen LogP contribution in [0.2, 0.25) is 0 Å². The number of hydrogen-bond acceptors (Lipinski definition) is 4. The third kappa shape index (κ3) is 4.31. The van der Waals surface area contributed by atoms with Crippen LogP contribution < -0.4 is 5.32 Å². The summed E-state index contributed by atoms with van der Waals surface area (Å²) in [6.07, 6.45) is 0.941. The molecule has 0 aliphatic rings. The normalized spacial score (nSPS) is 12.3. The SMILES string of the molecule is COC(=O)C(NC(=O)CCc1c(C)nn(C)c1C)C(C)C. The number of aryl methyl sites for hydroxylation is 2. The number of rotatable bonds is 6. The Kier molecular flexibility index (Phi) is 5.93. The maximum atomic E-state index is 12.0. The fourth-order valence-corrected chi connectivity index (χ4v) is 2.29. The Hall–Kier alpha value is -1.85. The van der Waals surface area contributed by atoms with Gasteiger partial charge in [-0.1, -0.05) is 13.8 Å². The number of hydrogen-bond donors (Lipinski definition) is 1. The van der Waals surface area contributed by atoms with E-state index in [1.54, 1.807) is 0 Å². The first-order valence-electron chi connectivity index (χ1n) is 7.14. The van der Waals surface area contributed by atoms with Crippen LogP contribution in [0.25, 0.3) is 0 Å². The molecule has 6 heteroatoms. The zero-order valence-electron chi connectivity index (χ0n) is 13.7. The largest absolute Gasteiger partial charge is 0.467 e. The van der Waals surface area contributed by atoms with Crippen LogP contribution in [0.15, 0.2) is 0 Å². The number of carbonyl (C=O) groups is 2. The molecule has 1 amide bonds. The number of aromatic nitrogens is 2. The van der Waals surface area contributed by atoms with Crippen LogP contribution in [0.5, 0.6) is 0 Å². The van der Waals surface area contributed by atoms with Gasteiger partial charge >= 0.3 is 5.97 Å². The van der Waals surface area contributed by atoms with Crippen LogP contribution in [0.3, 0.4) is 0 Å². The van der Waals surface area contributed by atoms with E-state index >= 15 is 0 Å². The lowest BCUT2D eigenvalue weighted by molar-refractivity contribution is -0.146. The van der Waals surface area contributed by atoms with Gasteiger partial charge in [0, 0.05) is 19.2 Å². The Labute approximate surface area is 125 Å². The fraction of sp³-hybridized carbons (Fsp3) is 0.667. The van der Waals surface area contributed by atoms with E-state index in [0.717, 1.165) is 17.0 Å². The summed E-state index contributed by atoms with van der Waals surface area (Å²) in [5.74, 6) is -0.572. The lowest BCUT2D eigenvalue weighted by Gasteiger charge is -2.19. The van der Waals surface area contributed by atoms with Gasteiger partial charge in [-0.25, -0.2) is 4.79 Å². The number of carbonyl (C=O) groups excluding carboxylic acids is 2. The van der Waals surface area contributed by atoms with E-state index in [9.17, 15) is 9.59 Å². The van der Waals surface area contributed by atoms with Gasteiger partial charge in [-0.2, -0.15) is 5.10 Å². The van der Waals surface area contributed by atoms with Crippen molar-refractivity contribution in [1.29, 1.82) is 0 Å². The van der Waals surface area contributed by atoms with E-state index in [1.165, 1.54) is 7.11 Å². The van der Waals surface area contributed by atoms with Crippen LogP contribution in [0, 0.1) is 19.8 Å². The third-order valence-corrected chi connectivity index (χ3v) is 3.70. The summed E-state index contributed by atoms with van der Waals surface area (Å²) in [5.41, 5.74) is 3.09. The Bertz CT molecular complexity index is 520. The van der Waals surface area contributed by atoms with Gasteiger partial charge in [0.2, 0.25) is 5.91 Å². The molecule has 1 aromatic rings. The molecule has 0 saturated heterocycles. The van der Waals surface area contributed by atoms with Gasteiger partial charge in [0.25, 0.3) is 0 Å². The molecule has 0 saturated carbocycles. The lowest BCUT2D eigenvalue weighted by atomic mass is 10.0. The molecule has 1 heterocycles. The van der Waals surface area contributed by atoms with Crippen molar-refractivity contribution in [2.75, 3.05) is 7.11 Å². The first kappa shape index (κ1) is 17.2. The highest BCUT2D eigenvalue weighted by Gasteiger charge is 2.24. The van der Waals surface area contributed by atoms with Crippen molar-refractivity contribution >= 4 is 11.9 Å². The van der Waals surface area contributed by atoms with Crippen molar-refractivity contribution in [3.05, 3.63) is 17.0 Å². The zero-order chi connectivity index (χ0) is 16.2. The lowest BCUT2D eigenvalue weighted by Crippen LogP contribution is -2.45. The molecule has 6 nitrogen and oxygen atoms in total. The Morgan fingerprint density at radius 1 is 1.33 bits per heavy atom. The first-order chi connectivity index (χ1) is 9.77. The molecule has 1 atom stereocenters. The van der Waals surface area contributed by atoms with E-state index in [1.807, 2.05) is 39.4 Å². The molecule has 1 rings (SSSR count). The van der Waals surface area contributed by atoms with Gasteiger partial charge in [0.1, 0.15) is 6.04 Å². The monoisotopic (exact) mass is 295 g/mol. The molecule has 21 heavy (non-hydrogen) atoms. The molecule has 0 radical (unpaired) electrons. The van der Waals surface area contributed by atoms with Crippen molar-refractivity contribution in [2.45, 2.75) is 46.6 Å². The second kappa shape index (κ2) is 7.24. The number of nitrogens with one attached hydrogen (secondary N) is 1. The molecular weight excluding hydrogens is 270 g/mol. The molecular formula is C15H25N3O3. The highest BCUT2D eigenvalue weighted by atomic mass is 16.5. The van der Waals surface area contributed by atoms with Gasteiger partial charge in [-0.05, 0) is 31.7 Å². The minimum atomic E-state index is -0.599. The highest BCUT2D eigenvalue weighted by Crippen LogP contribution is 2.14. The first-order valence-corrected chi connectivity index (χ1v) is 7.14. The maximum absolute atomic E-state index is 12.0. The van der Waals surface area contributed by atoms with Gasteiger partial charge < -0.3 is 10.1 Å². The van der Waals surface area contributed by atoms with Crippen LogP contribution in [-0.4, -0.2) is 34.8 Å². The number of amides is 1. The standard InChI is InChI=1S/C15H25N3O3/c1-9(2)14(15(20)21-6)16-13(19)8-7-12-10(3)17-18(5)11(12)4/h9,14H,7-8H2,1-6H3,(H,16,19). The maximum Gasteiger partial charge on any atom is 0.328 e. The number of esters is 1. The van der Waals surface area contributed by atoms with E-state index in [4.69, 9.17) is 4.74 Å². The predicted octanol–water partition coefficient (Wildman–Crippen LogP) is 1.28. The van der Waals surface area contributed by atoms with Crippen molar-refractivity contribution < 1.29 is 14.3 Å². The zero-order valence-corrected chi connectivity index (χ0v) is 13.7. The van der Waals surface area contributed by atoms with E-state index in [0.29, 0.717) is 12.8 Å². The quantitative estimate of drug-likeness (QED) is 0.802. The number of nitrogens with zero attached hydrogens (tertiary/aromatic N) is 2. The summed E-state index contributed by atoms with van der Waals surface area (Å²) in [4.78, 5) is 23.7. The molecule has 0 aliphatic heterocycles. The average Bonchev–Trinajstić information content (AvgIpc) is 2.66. The van der Waals surface area contributed by atoms with E-state index < -0.39 is 12.0 Å². The molecule has 1 aromatic heterocycles. The summed E-state index contributed by atoms with van der Waals surface area (Å²) >= 11 is 0. The number of methoxy groups -OCH3 is 1. The molecule has 0 aliphatic carbocycles. The summed E-state index contributed by atoms with van der Waals surface area (Å²) < 4.78 is 6.53. The van der Waals surface area contributed by atoms with Crippen molar-refractivity contribution in [3.63, 3.8) is 0 Å². The minimum absolute atomic E-state index is 0.0109. The van der Waals surface area contributed by atoms with E-state index in [2.05, 4.69) is 10.4 Å². The molecule has 0 fully saturated rings. The van der Waals surface area contributed by atoms with Gasteiger partial charge in [0.15, 0.2) is 0 Å². The molecule has 1 unspecified atom stereocenters. The number of ether oxygens (including phenoxy) is 1. The third-order valence-electron chi connectivity index (χ3n) is 3.70. The molecule has 1 N–H and O–H groups in total. The Morgan fingerprint density at radius 2 is 1.95 bits per heavy atom. The average molecular weight is 295 g/mol.